The van der Waals surface area contributed by atoms with E-state index < -0.39 is 11.8 Å². The van der Waals surface area contributed by atoms with E-state index >= 15 is 0 Å². The van der Waals surface area contributed by atoms with E-state index in [9.17, 15) is 9.59 Å². The van der Waals surface area contributed by atoms with Gasteiger partial charge in [-0.3, -0.25) is 20.4 Å². The van der Waals surface area contributed by atoms with Crippen LogP contribution in [0.3, 0.4) is 0 Å². The summed E-state index contributed by atoms with van der Waals surface area (Å²) in [5, 5.41) is 0. The zero-order valence-corrected chi connectivity index (χ0v) is 11.9. The smallest absolute Gasteiger partial charge is 0.262 e. The van der Waals surface area contributed by atoms with E-state index in [1.807, 2.05) is 60.7 Å². The zero-order valence-electron chi connectivity index (χ0n) is 11.9. The number of rotatable bonds is 4. The number of hydrogen-bond acceptors (Lipinski definition) is 2. The second-order valence-electron chi connectivity index (χ2n) is 4.47. The molecule has 0 aliphatic heterocycles. The van der Waals surface area contributed by atoms with E-state index in [1.54, 1.807) is 12.2 Å². The maximum atomic E-state index is 11.6. The fraction of sp³-hybridized carbons (Fsp3) is 0. The van der Waals surface area contributed by atoms with Crippen molar-refractivity contribution in [2.45, 2.75) is 0 Å². The molecular formula is C18H16N2O2. The molecule has 22 heavy (non-hydrogen) atoms. The molecule has 2 aromatic rings. The van der Waals surface area contributed by atoms with Crippen LogP contribution in [0.25, 0.3) is 12.2 Å². The molecule has 2 amide bonds. The van der Waals surface area contributed by atoms with Crippen LogP contribution in [-0.2, 0) is 9.59 Å². The van der Waals surface area contributed by atoms with Gasteiger partial charge in [0.1, 0.15) is 0 Å². The minimum Gasteiger partial charge on any atom is -0.268 e. The van der Waals surface area contributed by atoms with Crippen molar-refractivity contribution in [3.63, 3.8) is 0 Å². The number of carbonyl (C=O) groups is 2. The fourth-order valence-corrected chi connectivity index (χ4v) is 1.68. The largest absolute Gasteiger partial charge is 0.268 e. The molecule has 0 fully saturated rings. The molecule has 0 heterocycles. The number of carbonyl (C=O) groups excluding carboxylic acids is 2. The Balaban J connectivity index is 1.77. The van der Waals surface area contributed by atoms with Crippen LogP contribution in [0, 0.1) is 0 Å². The highest BCUT2D eigenvalue weighted by Gasteiger charge is 1.97. The van der Waals surface area contributed by atoms with Crippen LogP contribution in [0.1, 0.15) is 11.1 Å². The Labute approximate surface area is 129 Å². The summed E-state index contributed by atoms with van der Waals surface area (Å²) in [6.07, 6.45) is 6.05. The third-order valence-electron chi connectivity index (χ3n) is 2.76. The Morgan fingerprint density at radius 1 is 0.636 bits per heavy atom. The predicted octanol–water partition coefficient (Wildman–Crippen LogP) is 2.56. The highest BCUT2D eigenvalue weighted by Crippen LogP contribution is 2.01. The molecular weight excluding hydrogens is 276 g/mol. The molecule has 0 unspecified atom stereocenters. The Kier molecular flexibility index (Phi) is 5.70. The van der Waals surface area contributed by atoms with Gasteiger partial charge in [-0.15, -0.1) is 0 Å². The van der Waals surface area contributed by atoms with Crippen LogP contribution in [-0.4, -0.2) is 11.8 Å². The molecule has 2 aromatic carbocycles. The number of hydrazine groups is 1. The van der Waals surface area contributed by atoms with Gasteiger partial charge in [0.05, 0.1) is 0 Å². The van der Waals surface area contributed by atoms with E-state index in [1.165, 1.54) is 12.2 Å². The summed E-state index contributed by atoms with van der Waals surface area (Å²) in [5.41, 5.74) is 6.45. The molecule has 2 rings (SSSR count). The average molecular weight is 292 g/mol. The Morgan fingerprint density at radius 3 is 1.36 bits per heavy atom. The van der Waals surface area contributed by atoms with Gasteiger partial charge in [0, 0.05) is 12.2 Å². The van der Waals surface area contributed by atoms with Gasteiger partial charge in [-0.05, 0) is 23.3 Å². The molecule has 0 spiro atoms. The summed E-state index contributed by atoms with van der Waals surface area (Å²) in [5.74, 6) is -0.796. The van der Waals surface area contributed by atoms with Crippen LogP contribution in [0.15, 0.2) is 72.8 Å². The standard InChI is InChI=1S/C18H16N2O2/c21-17(13-11-15-7-3-1-4-8-15)19-20-18(22)14-12-16-9-5-2-6-10-16/h1-14H,(H,19,21)(H,20,22). The summed E-state index contributed by atoms with van der Waals surface area (Å²) < 4.78 is 0. The molecule has 0 atom stereocenters. The second kappa shape index (κ2) is 8.21. The monoisotopic (exact) mass is 292 g/mol. The van der Waals surface area contributed by atoms with Crippen molar-refractivity contribution >= 4 is 24.0 Å². The first-order valence-electron chi connectivity index (χ1n) is 6.80. The molecule has 0 radical (unpaired) electrons. The second-order valence-corrected chi connectivity index (χ2v) is 4.47. The Morgan fingerprint density at radius 2 is 1.00 bits per heavy atom. The maximum absolute atomic E-state index is 11.6. The van der Waals surface area contributed by atoms with Crippen molar-refractivity contribution in [3.05, 3.63) is 83.9 Å². The molecule has 0 aromatic heterocycles. The highest BCUT2D eigenvalue weighted by molar-refractivity contribution is 5.96. The summed E-state index contributed by atoms with van der Waals surface area (Å²) in [4.78, 5) is 23.1. The molecule has 4 nitrogen and oxygen atoms in total. The minimum atomic E-state index is -0.398. The highest BCUT2D eigenvalue weighted by atomic mass is 16.2. The molecule has 4 heteroatoms. The lowest BCUT2D eigenvalue weighted by Gasteiger charge is -2.01. The van der Waals surface area contributed by atoms with E-state index in [0.29, 0.717) is 0 Å². The SMILES string of the molecule is O=C(C=Cc1ccccc1)NNC(=O)C=Cc1ccccc1. The molecule has 0 aliphatic rings. The lowest BCUT2D eigenvalue weighted by atomic mass is 10.2. The van der Waals surface area contributed by atoms with Crippen LogP contribution in [0.2, 0.25) is 0 Å². The fourth-order valence-electron chi connectivity index (χ4n) is 1.68. The lowest BCUT2D eigenvalue weighted by molar-refractivity contribution is -0.123. The topological polar surface area (TPSA) is 58.2 Å². The number of hydrogen-bond donors (Lipinski definition) is 2. The van der Waals surface area contributed by atoms with Gasteiger partial charge < -0.3 is 0 Å². The van der Waals surface area contributed by atoms with E-state index in [0.717, 1.165) is 11.1 Å². The first kappa shape index (κ1) is 15.3. The van der Waals surface area contributed by atoms with Crippen LogP contribution < -0.4 is 10.9 Å². The van der Waals surface area contributed by atoms with E-state index in [4.69, 9.17) is 0 Å². The molecule has 0 bridgehead atoms. The third-order valence-corrected chi connectivity index (χ3v) is 2.76. The van der Waals surface area contributed by atoms with Crippen molar-refractivity contribution in [2.24, 2.45) is 0 Å². The Hall–Kier alpha value is -3.14. The first-order valence-corrected chi connectivity index (χ1v) is 6.80. The van der Waals surface area contributed by atoms with Gasteiger partial charge in [-0.25, -0.2) is 0 Å². The zero-order chi connectivity index (χ0) is 15.6. The quantitative estimate of drug-likeness (QED) is 0.672. The summed E-state index contributed by atoms with van der Waals surface area (Å²) in [7, 11) is 0. The van der Waals surface area contributed by atoms with Gasteiger partial charge in [0.2, 0.25) is 0 Å². The normalized spacial score (nSPS) is 10.7. The molecule has 0 aliphatic carbocycles. The van der Waals surface area contributed by atoms with Gasteiger partial charge in [-0.1, -0.05) is 60.7 Å². The summed E-state index contributed by atoms with van der Waals surface area (Å²) in [6, 6.07) is 18.8. The van der Waals surface area contributed by atoms with Crippen molar-refractivity contribution in [1.82, 2.24) is 10.9 Å². The predicted molar refractivity (Wildman–Crippen MR) is 87.2 cm³/mol. The van der Waals surface area contributed by atoms with E-state index in [-0.39, 0.29) is 0 Å². The van der Waals surface area contributed by atoms with Crippen LogP contribution >= 0.6 is 0 Å². The summed E-state index contributed by atoms with van der Waals surface area (Å²) in [6.45, 7) is 0. The van der Waals surface area contributed by atoms with Gasteiger partial charge in [-0.2, -0.15) is 0 Å². The van der Waals surface area contributed by atoms with Gasteiger partial charge >= 0.3 is 0 Å². The molecule has 2 N–H and O–H groups in total. The van der Waals surface area contributed by atoms with Crippen LogP contribution in [0.4, 0.5) is 0 Å². The van der Waals surface area contributed by atoms with Crippen molar-refractivity contribution < 1.29 is 9.59 Å². The minimum absolute atomic E-state index is 0.398. The average Bonchev–Trinajstić information content (AvgIpc) is 2.58. The van der Waals surface area contributed by atoms with Crippen molar-refractivity contribution in [3.8, 4) is 0 Å². The number of amides is 2. The Bertz CT molecular complexity index is 615. The van der Waals surface area contributed by atoms with E-state index in [2.05, 4.69) is 10.9 Å². The van der Waals surface area contributed by atoms with Gasteiger partial charge in [0.25, 0.3) is 11.8 Å². The lowest BCUT2D eigenvalue weighted by Crippen LogP contribution is -2.39. The third kappa shape index (κ3) is 5.46. The molecule has 0 saturated heterocycles. The van der Waals surface area contributed by atoms with Crippen LogP contribution in [0.5, 0.6) is 0 Å². The first-order chi connectivity index (χ1) is 10.7. The van der Waals surface area contributed by atoms with Crippen molar-refractivity contribution in [2.75, 3.05) is 0 Å². The van der Waals surface area contributed by atoms with Gasteiger partial charge in [0.15, 0.2) is 0 Å². The summed E-state index contributed by atoms with van der Waals surface area (Å²) >= 11 is 0. The maximum Gasteiger partial charge on any atom is 0.262 e. The number of benzene rings is 2. The van der Waals surface area contributed by atoms with Crippen molar-refractivity contribution in [1.29, 1.82) is 0 Å². The molecule has 0 saturated carbocycles. The molecule has 110 valence electrons. The number of nitrogens with one attached hydrogen (secondary N) is 2.